The molecule has 0 N–H and O–H groups in total. The lowest BCUT2D eigenvalue weighted by atomic mass is 9.87. The van der Waals surface area contributed by atoms with Crippen molar-refractivity contribution in [1.29, 1.82) is 0 Å². The van der Waals surface area contributed by atoms with Gasteiger partial charge in [-0.1, -0.05) is 18.2 Å². The smallest absolute Gasteiger partial charge is 0.290 e. The molecule has 2 aromatic carbocycles. The minimum absolute atomic E-state index is 0.123. The lowest BCUT2D eigenvalue weighted by molar-refractivity contribution is 0.0661. The third kappa shape index (κ3) is 5.13. The highest BCUT2D eigenvalue weighted by atomic mass is 32.1. The van der Waals surface area contributed by atoms with Crippen molar-refractivity contribution in [1.82, 2.24) is 14.8 Å². The fraction of sp³-hybridized carbons (Fsp3) is 0.250. The Bertz CT molecular complexity index is 1400. The van der Waals surface area contributed by atoms with Crippen LogP contribution in [0.1, 0.15) is 55.7 Å². The van der Waals surface area contributed by atoms with Gasteiger partial charge in [0, 0.05) is 25.5 Å². The van der Waals surface area contributed by atoms with Crippen LogP contribution in [0.5, 0.6) is 5.75 Å². The zero-order valence-corrected chi connectivity index (χ0v) is 21.3. The summed E-state index contributed by atoms with van der Waals surface area (Å²) in [7, 11) is 1.74. The Morgan fingerprint density at radius 3 is 2.76 bits per heavy atom. The van der Waals surface area contributed by atoms with Gasteiger partial charge in [0.1, 0.15) is 28.9 Å². The van der Waals surface area contributed by atoms with E-state index in [-0.39, 0.29) is 30.0 Å². The Kier molecular flexibility index (Phi) is 7.05. The average molecular weight is 520 g/mol. The molecule has 0 aliphatic carbocycles. The monoisotopic (exact) mass is 519 g/mol. The molecule has 7 nitrogen and oxygen atoms in total. The number of carbonyl (C=O) groups is 2. The first-order valence-electron chi connectivity index (χ1n) is 12.0. The molecule has 3 heterocycles. The molecule has 9 heteroatoms. The SMILES string of the molecule is CCN(C)C(=O)c1csc(COc2ccc3c(c2)[C@H](c2ccc(F)cc2)N(C(=O)c2ccco2)CC3)n1. The van der Waals surface area contributed by atoms with Crippen molar-refractivity contribution in [2.75, 3.05) is 20.1 Å². The molecule has 0 bridgehead atoms. The molecule has 5 rings (SSSR count). The van der Waals surface area contributed by atoms with Gasteiger partial charge in [0.2, 0.25) is 0 Å². The van der Waals surface area contributed by atoms with Crippen LogP contribution in [0.4, 0.5) is 4.39 Å². The van der Waals surface area contributed by atoms with Gasteiger partial charge < -0.3 is 19.0 Å². The quantitative estimate of drug-likeness (QED) is 0.330. The Balaban J connectivity index is 1.42. The summed E-state index contributed by atoms with van der Waals surface area (Å²) >= 11 is 1.37. The maximum Gasteiger partial charge on any atom is 0.290 e. The number of benzene rings is 2. The molecule has 190 valence electrons. The van der Waals surface area contributed by atoms with Crippen LogP contribution >= 0.6 is 11.3 Å². The number of hydrogen-bond acceptors (Lipinski definition) is 6. The van der Waals surface area contributed by atoms with Crippen molar-refractivity contribution in [3.63, 3.8) is 0 Å². The Morgan fingerprint density at radius 1 is 1.22 bits per heavy atom. The number of ether oxygens (including phenoxy) is 1. The summed E-state index contributed by atoms with van der Waals surface area (Å²) in [5.41, 5.74) is 3.20. The summed E-state index contributed by atoms with van der Waals surface area (Å²) < 4.78 is 25.2. The lowest BCUT2D eigenvalue weighted by Gasteiger charge is -2.37. The summed E-state index contributed by atoms with van der Waals surface area (Å²) in [4.78, 5) is 33.5. The number of hydrogen-bond donors (Lipinski definition) is 0. The Labute approximate surface area is 218 Å². The predicted molar refractivity (Wildman–Crippen MR) is 137 cm³/mol. The third-order valence-corrected chi connectivity index (χ3v) is 7.30. The largest absolute Gasteiger partial charge is 0.486 e. The van der Waals surface area contributed by atoms with Crippen molar-refractivity contribution in [3.05, 3.63) is 105 Å². The van der Waals surface area contributed by atoms with E-state index in [1.807, 2.05) is 25.1 Å². The van der Waals surface area contributed by atoms with Crippen molar-refractivity contribution < 1.29 is 23.1 Å². The molecule has 1 aliphatic rings. The van der Waals surface area contributed by atoms with Crippen LogP contribution in [0.3, 0.4) is 0 Å². The first-order chi connectivity index (χ1) is 17.9. The van der Waals surface area contributed by atoms with Gasteiger partial charge in [0.05, 0.1) is 12.3 Å². The minimum atomic E-state index is -0.431. The van der Waals surface area contributed by atoms with Crippen LogP contribution in [0.25, 0.3) is 0 Å². The van der Waals surface area contributed by atoms with Crippen molar-refractivity contribution in [2.24, 2.45) is 0 Å². The van der Waals surface area contributed by atoms with E-state index in [2.05, 4.69) is 4.98 Å². The molecular weight excluding hydrogens is 493 g/mol. The molecule has 0 saturated heterocycles. The van der Waals surface area contributed by atoms with E-state index in [4.69, 9.17) is 9.15 Å². The van der Waals surface area contributed by atoms with Gasteiger partial charge in [0.15, 0.2) is 5.76 Å². The normalized spacial score (nSPS) is 14.8. The molecule has 0 fully saturated rings. The van der Waals surface area contributed by atoms with E-state index >= 15 is 0 Å². The number of furan rings is 1. The van der Waals surface area contributed by atoms with Crippen LogP contribution in [-0.4, -0.2) is 46.7 Å². The van der Waals surface area contributed by atoms with Gasteiger partial charge in [-0.3, -0.25) is 9.59 Å². The molecule has 0 unspecified atom stereocenters. The van der Waals surface area contributed by atoms with E-state index in [0.717, 1.165) is 16.7 Å². The molecule has 0 saturated carbocycles. The van der Waals surface area contributed by atoms with E-state index in [0.29, 0.717) is 36.0 Å². The van der Waals surface area contributed by atoms with Crippen LogP contribution in [0.2, 0.25) is 0 Å². The van der Waals surface area contributed by atoms with Crippen molar-refractivity contribution in [2.45, 2.75) is 26.0 Å². The zero-order valence-electron chi connectivity index (χ0n) is 20.5. The molecule has 2 aromatic heterocycles. The highest BCUT2D eigenvalue weighted by molar-refractivity contribution is 7.09. The standard InChI is InChI=1S/C28H26FN3O4S/c1-3-31(2)27(33)23-17-37-25(30-23)16-36-21-11-8-18-12-13-32(28(34)24-5-4-14-35-24)26(22(18)15-21)19-6-9-20(29)10-7-19/h4-11,14-15,17,26H,3,12-13,16H2,1-2H3/t26-/m0/s1. The molecule has 0 spiro atoms. The Hall–Kier alpha value is -3.98. The lowest BCUT2D eigenvalue weighted by Crippen LogP contribution is -2.40. The number of thiazole rings is 1. The van der Waals surface area contributed by atoms with Crippen LogP contribution in [-0.2, 0) is 13.0 Å². The van der Waals surface area contributed by atoms with E-state index in [1.165, 1.54) is 29.7 Å². The van der Waals surface area contributed by atoms with Gasteiger partial charge in [-0.2, -0.15) is 0 Å². The average Bonchev–Trinajstić information content (AvgIpc) is 3.63. The number of amides is 2. The summed E-state index contributed by atoms with van der Waals surface area (Å²) in [6, 6.07) is 14.9. The number of carbonyl (C=O) groups excluding carboxylic acids is 2. The first-order valence-corrected chi connectivity index (χ1v) is 12.9. The summed E-state index contributed by atoms with van der Waals surface area (Å²) in [5, 5.41) is 2.43. The fourth-order valence-corrected chi connectivity index (χ4v) is 5.09. The maximum absolute atomic E-state index is 13.7. The number of nitrogens with zero attached hydrogens (tertiary/aromatic N) is 3. The summed E-state index contributed by atoms with van der Waals surface area (Å²) in [5.74, 6) is 0.181. The van der Waals surface area contributed by atoms with Crippen molar-refractivity contribution in [3.8, 4) is 5.75 Å². The van der Waals surface area contributed by atoms with Gasteiger partial charge in [0.25, 0.3) is 11.8 Å². The number of fused-ring (bicyclic) bond motifs is 1. The second-order valence-electron chi connectivity index (χ2n) is 8.78. The van der Waals surface area contributed by atoms with Crippen molar-refractivity contribution >= 4 is 23.2 Å². The molecular formula is C28H26FN3O4S. The molecule has 0 radical (unpaired) electrons. The highest BCUT2D eigenvalue weighted by Gasteiger charge is 2.34. The van der Waals surface area contributed by atoms with Gasteiger partial charge in [-0.15, -0.1) is 11.3 Å². The van der Waals surface area contributed by atoms with Crippen LogP contribution in [0, 0.1) is 5.82 Å². The predicted octanol–water partition coefficient (Wildman–Crippen LogP) is 5.33. The molecule has 2 amide bonds. The van der Waals surface area contributed by atoms with E-state index in [9.17, 15) is 14.0 Å². The summed E-state index contributed by atoms with van der Waals surface area (Å²) in [6.07, 6.45) is 2.14. The molecule has 37 heavy (non-hydrogen) atoms. The van der Waals surface area contributed by atoms with Gasteiger partial charge in [-0.25, -0.2) is 9.37 Å². The fourth-order valence-electron chi connectivity index (χ4n) is 4.41. The maximum atomic E-state index is 13.7. The van der Waals surface area contributed by atoms with Gasteiger partial charge in [-0.05, 0) is 66.4 Å². The summed E-state index contributed by atoms with van der Waals surface area (Å²) in [6.45, 7) is 3.22. The third-order valence-electron chi connectivity index (χ3n) is 6.48. The molecule has 4 aromatic rings. The first kappa shape index (κ1) is 24.7. The second-order valence-corrected chi connectivity index (χ2v) is 9.72. The minimum Gasteiger partial charge on any atom is -0.486 e. The number of rotatable bonds is 7. The number of aromatic nitrogens is 1. The topological polar surface area (TPSA) is 75.9 Å². The van der Waals surface area contributed by atoms with Crippen LogP contribution < -0.4 is 4.74 Å². The molecule has 1 aliphatic heterocycles. The van der Waals surface area contributed by atoms with Gasteiger partial charge >= 0.3 is 0 Å². The van der Waals surface area contributed by atoms with Crippen LogP contribution in [0.15, 0.2) is 70.7 Å². The Morgan fingerprint density at radius 2 is 2.03 bits per heavy atom. The zero-order chi connectivity index (χ0) is 25.9. The molecule has 1 atom stereocenters. The number of halogens is 1. The second kappa shape index (κ2) is 10.6. The van der Waals surface area contributed by atoms with E-state index < -0.39 is 6.04 Å². The highest BCUT2D eigenvalue weighted by Crippen LogP contribution is 2.38. The van der Waals surface area contributed by atoms with E-state index in [1.54, 1.807) is 46.5 Å².